The van der Waals surface area contributed by atoms with Crippen molar-refractivity contribution in [1.29, 1.82) is 0 Å². The van der Waals surface area contributed by atoms with Crippen LogP contribution < -0.4 is 0 Å². The molecular formula is C14H16ClNO. The monoisotopic (exact) mass is 249 g/mol. The topological polar surface area (TPSA) is 32.6 Å². The lowest BCUT2D eigenvalue weighted by Gasteiger charge is -2.05. The minimum atomic E-state index is 0.740. The summed E-state index contributed by atoms with van der Waals surface area (Å²) < 4.78 is 0. The van der Waals surface area contributed by atoms with Crippen LogP contribution in [0.2, 0.25) is 5.02 Å². The number of benzene rings is 1. The molecule has 0 atom stereocenters. The van der Waals surface area contributed by atoms with Crippen LogP contribution >= 0.6 is 11.6 Å². The molecule has 2 nitrogen and oxygen atoms in total. The maximum Gasteiger partial charge on any atom is 0.0827 e. The van der Waals surface area contributed by atoms with Gasteiger partial charge in [-0.05, 0) is 55.0 Å². The first kappa shape index (κ1) is 12.2. The molecule has 0 aromatic heterocycles. The third-order valence-corrected chi connectivity index (χ3v) is 3.31. The molecule has 0 saturated heterocycles. The SMILES string of the molecule is O/N=C1\CCCCC\C1=C\c1ccc(Cl)cc1. The van der Waals surface area contributed by atoms with E-state index in [-0.39, 0.29) is 0 Å². The minimum absolute atomic E-state index is 0.740. The highest BCUT2D eigenvalue weighted by molar-refractivity contribution is 6.30. The van der Waals surface area contributed by atoms with Crippen molar-refractivity contribution >= 4 is 23.4 Å². The second-order valence-electron chi connectivity index (χ2n) is 4.33. The van der Waals surface area contributed by atoms with E-state index in [2.05, 4.69) is 11.2 Å². The molecule has 0 unspecified atom stereocenters. The molecule has 1 aliphatic carbocycles. The molecule has 1 fully saturated rings. The van der Waals surface area contributed by atoms with Gasteiger partial charge in [0.25, 0.3) is 0 Å². The molecule has 90 valence electrons. The van der Waals surface area contributed by atoms with Gasteiger partial charge in [0.15, 0.2) is 0 Å². The van der Waals surface area contributed by atoms with Crippen LogP contribution in [0, 0.1) is 0 Å². The van der Waals surface area contributed by atoms with Crippen LogP contribution in [0.3, 0.4) is 0 Å². The lowest BCUT2D eigenvalue weighted by atomic mass is 10.0. The van der Waals surface area contributed by atoms with E-state index in [0.29, 0.717) is 0 Å². The predicted octanol–water partition coefficient (Wildman–Crippen LogP) is 4.52. The van der Waals surface area contributed by atoms with Crippen LogP contribution in [-0.4, -0.2) is 10.9 Å². The van der Waals surface area contributed by atoms with Crippen LogP contribution in [0.5, 0.6) is 0 Å². The van der Waals surface area contributed by atoms with Gasteiger partial charge in [-0.15, -0.1) is 0 Å². The van der Waals surface area contributed by atoms with Crippen molar-refractivity contribution in [2.24, 2.45) is 5.16 Å². The Labute approximate surface area is 107 Å². The molecule has 17 heavy (non-hydrogen) atoms. The van der Waals surface area contributed by atoms with Gasteiger partial charge in [0.2, 0.25) is 0 Å². The largest absolute Gasteiger partial charge is 0.411 e. The third-order valence-electron chi connectivity index (χ3n) is 3.06. The van der Waals surface area contributed by atoms with E-state index in [9.17, 15) is 0 Å². The van der Waals surface area contributed by atoms with Crippen LogP contribution in [0.25, 0.3) is 6.08 Å². The molecule has 2 rings (SSSR count). The molecule has 1 N–H and O–H groups in total. The fourth-order valence-corrected chi connectivity index (χ4v) is 2.25. The standard InChI is InChI=1S/C14H16ClNO/c15-13-8-6-11(7-9-13)10-12-4-2-1-3-5-14(12)16-17/h6-10,17H,1-5H2/b12-10-,16-14+. The van der Waals surface area contributed by atoms with Crippen molar-refractivity contribution in [1.82, 2.24) is 0 Å². The molecule has 3 heteroatoms. The number of nitrogens with zero attached hydrogens (tertiary/aromatic N) is 1. The van der Waals surface area contributed by atoms with E-state index in [1.807, 2.05) is 24.3 Å². The van der Waals surface area contributed by atoms with Crippen molar-refractivity contribution in [3.8, 4) is 0 Å². The van der Waals surface area contributed by atoms with Crippen molar-refractivity contribution in [3.63, 3.8) is 0 Å². The molecular weight excluding hydrogens is 234 g/mol. The normalized spacial score (nSPS) is 21.7. The third kappa shape index (κ3) is 3.34. The minimum Gasteiger partial charge on any atom is -0.411 e. The summed E-state index contributed by atoms with van der Waals surface area (Å²) >= 11 is 5.85. The number of rotatable bonds is 1. The van der Waals surface area contributed by atoms with E-state index in [1.165, 1.54) is 12.8 Å². The Morgan fingerprint density at radius 3 is 2.47 bits per heavy atom. The zero-order valence-corrected chi connectivity index (χ0v) is 10.5. The molecule has 0 bridgehead atoms. The molecule has 0 heterocycles. The van der Waals surface area contributed by atoms with Gasteiger partial charge >= 0.3 is 0 Å². The average Bonchev–Trinajstić information content (AvgIpc) is 2.57. The van der Waals surface area contributed by atoms with E-state index < -0.39 is 0 Å². The molecule has 1 aromatic carbocycles. The van der Waals surface area contributed by atoms with Gasteiger partial charge in [0, 0.05) is 5.02 Å². The Kier molecular flexibility index (Phi) is 4.21. The summed E-state index contributed by atoms with van der Waals surface area (Å²) in [6.45, 7) is 0. The number of allylic oxidation sites excluding steroid dienone is 1. The molecule has 0 aliphatic heterocycles. The van der Waals surface area contributed by atoms with Gasteiger partial charge < -0.3 is 5.21 Å². The van der Waals surface area contributed by atoms with E-state index in [4.69, 9.17) is 16.8 Å². The smallest absolute Gasteiger partial charge is 0.0827 e. The predicted molar refractivity (Wildman–Crippen MR) is 71.7 cm³/mol. The maximum absolute atomic E-state index is 9.03. The van der Waals surface area contributed by atoms with Gasteiger partial charge in [-0.3, -0.25) is 0 Å². The molecule has 1 aromatic rings. The van der Waals surface area contributed by atoms with Crippen LogP contribution in [0.4, 0.5) is 0 Å². The fraction of sp³-hybridized carbons (Fsp3) is 0.357. The first-order chi connectivity index (χ1) is 8.29. The number of hydrogen-bond donors (Lipinski definition) is 1. The highest BCUT2D eigenvalue weighted by Crippen LogP contribution is 2.23. The van der Waals surface area contributed by atoms with Gasteiger partial charge in [-0.2, -0.15) is 0 Å². The Balaban J connectivity index is 2.26. The Morgan fingerprint density at radius 2 is 1.76 bits per heavy atom. The van der Waals surface area contributed by atoms with Crippen LogP contribution in [0.15, 0.2) is 35.0 Å². The molecule has 1 saturated carbocycles. The molecule has 0 spiro atoms. The second-order valence-corrected chi connectivity index (χ2v) is 4.76. The fourth-order valence-electron chi connectivity index (χ4n) is 2.12. The second kappa shape index (κ2) is 5.87. The summed E-state index contributed by atoms with van der Waals surface area (Å²) in [7, 11) is 0. The zero-order valence-electron chi connectivity index (χ0n) is 9.69. The highest BCUT2D eigenvalue weighted by Gasteiger charge is 2.12. The molecule has 0 radical (unpaired) electrons. The van der Waals surface area contributed by atoms with Gasteiger partial charge in [0.1, 0.15) is 0 Å². The maximum atomic E-state index is 9.03. The average molecular weight is 250 g/mol. The summed E-state index contributed by atoms with van der Waals surface area (Å²) in [4.78, 5) is 0. The summed E-state index contributed by atoms with van der Waals surface area (Å²) in [5, 5.41) is 13.2. The van der Waals surface area contributed by atoms with E-state index in [1.54, 1.807) is 0 Å². The summed E-state index contributed by atoms with van der Waals surface area (Å²) in [5.41, 5.74) is 3.08. The molecule has 0 amide bonds. The number of halogens is 1. The lowest BCUT2D eigenvalue weighted by Crippen LogP contribution is -2.00. The van der Waals surface area contributed by atoms with E-state index in [0.717, 1.165) is 41.1 Å². The van der Waals surface area contributed by atoms with Gasteiger partial charge in [0.05, 0.1) is 5.71 Å². The summed E-state index contributed by atoms with van der Waals surface area (Å²) in [5.74, 6) is 0. The van der Waals surface area contributed by atoms with Crippen molar-refractivity contribution in [3.05, 3.63) is 40.4 Å². The quantitative estimate of drug-likeness (QED) is 0.443. The summed E-state index contributed by atoms with van der Waals surface area (Å²) in [6, 6.07) is 7.71. The number of oxime groups is 1. The number of hydrogen-bond acceptors (Lipinski definition) is 2. The van der Waals surface area contributed by atoms with E-state index >= 15 is 0 Å². The summed E-state index contributed by atoms with van der Waals surface area (Å²) in [6.07, 6.45) is 7.43. The van der Waals surface area contributed by atoms with Crippen molar-refractivity contribution in [2.45, 2.75) is 32.1 Å². The Hall–Kier alpha value is -1.28. The van der Waals surface area contributed by atoms with Crippen LogP contribution in [-0.2, 0) is 0 Å². The first-order valence-electron chi connectivity index (χ1n) is 5.97. The Morgan fingerprint density at radius 1 is 1.06 bits per heavy atom. The highest BCUT2D eigenvalue weighted by atomic mass is 35.5. The Bertz CT molecular complexity index is 434. The van der Waals surface area contributed by atoms with Crippen molar-refractivity contribution in [2.75, 3.05) is 0 Å². The zero-order chi connectivity index (χ0) is 12.1. The van der Waals surface area contributed by atoms with Crippen LogP contribution in [0.1, 0.15) is 37.7 Å². The molecule has 1 aliphatic rings. The lowest BCUT2D eigenvalue weighted by molar-refractivity contribution is 0.318. The first-order valence-corrected chi connectivity index (χ1v) is 6.35. The van der Waals surface area contributed by atoms with Gasteiger partial charge in [-0.1, -0.05) is 35.3 Å². The van der Waals surface area contributed by atoms with Gasteiger partial charge in [-0.25, -0.2) is 0 Å². The van der Waals surface area contributed by atoms with Crippen molar-refractivity contribution < 1.29 is 5.21 Å².